The highest BCUT2D eigenvalue weighted by atomic mass is 16.2. The monoisotopic (exact) mass is 264 g/mol. The second kappa shape index (κ2) is 4.92. The Morgan fingerprint density at radius 1 is 1.21 bits per heavy atom. The molecule has 6 nitrogen and oxygen atoms in total. The summed E-state index contributed by atoms with van der Waals surface area (Å²) >= 11 is 0. The third kappa shape index (κ3) is 2.70. The lowest BCUT2D eigenvalue weighted by Gasteiger charge is -2.29. The zero-order chi connectivity index (χ0) is 15.0. The molecule has 0 aliphatic carbocycles. The molecule has 0 bridgehead atoms. The molecule has 1 aromatic heterocycles. The first-order valence-corrected chi connectivity index (χ1v) is 6.08. The smallest absolute Gasteiger partial charge is 0.332 e. The van der Waals surface area contributed by atoms with Gasteiger partial charge in [0.15, 0.2) is 5.56 Å². The van der Waals surface area contributed by atoms with Crippen molar-refractivity contribution in [3.8, 4) is 6.07 Å². The topological polar surface area (TPSA) is 79.8 Å². The molecule has 1 atom stereocenters. The lowest BCUT2D eigenvalue weighted by Crippen LogP contribution is -2.42. The van der Waals surface area contributed by atoms with Gasteiger partial charge in [-0.25, -0.2) is 4.79 Å². The molecule has 1 heterocycles. The third-order valence-corrected chi connectivity index (χ3v) is 3.43. The zero-order valence-electron chi connectivity index (χ0n) is 12.2. The summed E-state index contributed by atoms with van der Waals surface area (Å²) in [5.41, 5.74) is -1.13. The first-order valence-electron chi connectivity index (χ1n) is 6.08. The average molecular weight is 264 g/mol. The van der Waals surface area contributed by atoms with Crippen LogP contribution in [-0.2, 0) is 14.1 Å². The maximum absolute atomic E-state index is 11.9. The highest BCUT2D eigenvalue weighted by Crippen LogP contribution is 2.22. The van der Waals surface area contributed by atoms with Crippen LogP contribution in [0.1, 0.15) is 33.3 Å². The van der Waals surface area contributed by atoms with E-state index in [0.717, 1.165) is 4.57 Å². The van der Waals surface area contributed by atoms with Crippen LogP contribution < -0.4 is 16.6 Å². The Hall–Kier alpha value is -2.03. The summed E-state index contributed by atoms with van der Waals surface area (Å²) in [6.45, 7) is 8.06. The Morgan fingerprint density at radius 2 is 1.74 bits per heavy atom. The number of aromatic nitrogens is 2. The fraction of sp³-hybridized carbons (Fsp3) is 0.615. The lowest BCUT2D eigenvalue weighted by atomic mass is 9.88. The summed E-state index contributed by atoms with van der Waals surface area (Å²) in [7, 11) is 2.91. The van der Waals surface area contributed by atoms with Gasteiger partial charge < -0.3 is 5.32 Å². The van der Waals surface area contributed by atoms with Crippen molar-refractivity contribution in [2.24, 2.45) is 19.5 Å². The molecule has 19 heavy (non-hydrogen) atoms. The highest BCUT2D eigenvalue weighted by molar-refractivity contribution is 5.51. The van der Waals surface area contributed by atoms with Crippen molar-refractivity contribution in [2.45, 2.75) is 33.7 Å². The standard InChI is InChI=1S/C13H20N4O2/c1-8(13(2,3)4)15-10-9(7-14)11(18)17(6)12(19)16(10)5/h8,15H,1-6H3. The van der Waals surface area contributed by atoms with Gasteiger partial charge in [-0.3, -0.25) is 13.9 Å². The molecule has 0 radical (unpaired) electrons. The Bertz CT molecular complexity index is 641. The second-order valence-corrected chi connectivity index (χ2v) is 5.77. The molecule has 0 saturated carbocycles. The van der Waals surface area contributed by atoms with Gasteiger partial charge in [0.1, 0.15) is 11.9 Å². The van der Waals surface area contributed by atoms with Crippen LogP contribution in [0.15, 0.2) is 9.59 Å². The molecule has 1 unspecified atom stereocenters. The molecule has 0 saturated heterocycles. The summed E-state index contributed by atoms with van der Waals surface area (Å²) in [4.78, 5) is 23.8. The van der Waals surface area contributed by atoms with Crippen LogP contribution in [0.5, 0.6) is 0 Å². The van der Waals surface area contributed by atoms with E-state index in [1.807, 2.05) is 33.8 Å². The molecule has 0 aliphatic heterocycles. The van der Waals surface area contributed by atoms with Crippen LogP contribution in [0.4, 0.5) is 5.82 Å². The molecule has 0 fully saturated rings. The van der Waals surface area contributed by atoms with E-state index in [1.165, 1.54) is 11.6 Å². The Morgan fingerprint density at radius 3 is 2.16 bits per heavy atom. The van der Waals surface area contributed by atoms with E-state index in [2.05, 4.69) is 5.32 Å². The molecule has 0 amide bonds. The highest BCUT2D eigenvalue weighted by Gasteiger charge is 2.23. The van der Waals surface area contributed by atoms with Crippen LogP contribution in [-0.4, -0.2) is 15.2 Å². The van der Waals surface area contributed by atoms with Gasteiger partial charge in [-0.2, -0.15) is 5.26 Å². The summed E-state index contributed by atoms with van der Waals surface area (Å²) in [6, 6.07) is 1.87. The van der Waals surface area contributed by atoms with Gasteiger partial charge in [0.2, 0.25) is 0 Å². The van der Waals surface area contributed by atoms with E-state index in [1.54, 1.807) is 7.05 Å². The van der Waals surface area contributed by atoms with Crippen LogP contribution >= 0.6 is 0 Å². The van der Waals surface area contributed by atoms with E-state index in [0.29, 0.717) is 0 Å². The molecule has 1 rings (SSSR count). The fourth-order valence-electron chi connectivity index (χ4n) is 1.54. The molecule has 1 N–H and O–H groups in total. The molecular weight excluding hydrogens is 244 g/mol. The molecule has 0 spiro atoms. The van der Waals surface area contributed by atoms with Gasteiger partial charge in [-0.05, 0) is 12.3 Å². The SMILES string of the molecule is CC(Nc1c(C#N)c(=O)n(C)c(=O)n1C)C(C)(C)C. The van der Waals surface area contributed by atoms with Crippen molar-refractivity contribution in [1.82, 2.24) is 9.13 Å². The summed E-state index contributed by atoms with van der Waals surface area (Å²) < 4.78 is 2.23. The summed E-state index contributed by atoms with van der Waals surface area (Å²) in [6.07, 6.45) is 0. The molecule has 104 valence electrons. The van der Waals surface area contributed by atoms with Crippen molar-refractivity contribution in [1.29, 1.82) is 5.26 Å². The van der Waals surface area contributed by atoms with Gasteiger partial charge in [0.25, 0.3) is 5.56 Å². The number of hydrogen-bond donors (Lipinski definition) is 1. The maximum atomic E-state index is 11.9. The van der Waals surface area contributed by atoms with Crippen LogP contribution in [0, 0.1) is 16.7 Å². The van der Waals surface area contributed by atoms with E-state index in [4.69, 9.17) is 5.26 Å². The minimum Gasteiger partial charge on any atom is -0.367 e. The Labute approximate surface area is 112 Å². The number of nitrogens with one attached hydrogen (secondary N) is 1. The number of nitrogens with zero attached hydrogens (tertiary/aromatic N) is 3. The predicted molar refractivity (Wildman–Crippen MR) is 74.2 cm³/mol. The van der Waals surface area contributed by atoms with E-state index < -0.39 is 11.2 Å². The lowest BCUT2D eigenvalue weighted by molar-refractivity contribution is 0.357. The molecular formula is C13H20N4O2. The van der Waals surface area contributed by atoms with Gasteiger partial charge in [0, 0.05) is 20.1 Å². The van der Waals surface area contributed by atoms with E-state index >= 15 is 0 Å². The van der Waals surface area contributed by atoms with Gasteiger partial charge >= 0.3 is 5.69 Å². The average Bonchev–Trinajstić information content (AvgIpc) is 2.32. The number of anilines is 1. The van der Waals surface area contributed by atoms with Crippen molar-refractivity contribution in [3.05, 3.63) is 26.4 Å². The zero-order valence-corrected chi connectivity index (χ0v) is 12.2. The Balaban J connectivity index is 3.50. The number of nitriles is 1. The van der Waals surface area contributed by atoms with Crippen molar-refractivity contribution in [2.75, 3.05) is 5.32 Å². The normalized spacial score (nSPS) is 12.9. The minimum atomic E-state index is -0.575. The molecule has 0 aromatic carbocycles. The van der Waals surface area contributed by atoms with Crippen molar-refractivity contribution < 1.29 is 0 Å². The third-order valence-electron chi connectivity index (χ3n) is 3.43. The van der Waals surface area contributed by atoms with Crippen molar-refractivity contribution in [3.63, 3.8) is 0 Å². The van der Waals surface area contributed by atoms with Crippen LogP contribution in [0.25, 0.3) is 0 Å². The number of rotatable bonds is 2. The fourth-order valence-corrected chi connectivity index (χ4v) is 1.54. The quantitative estimate of drug-likeness (QED) is 0.857. The largest absolute Gasteiger partial charge is 0.367 e. The first-order chi connectivity index (χ1) is 8.61. The Kier molecular flexibility index (Phi) is 3.89. The first kappa shape index (κ1) is 15.0. The van der Waals surface area contributed by atoms with Gasteiger partial charge in [0.05, 0.1) is 0 Å². The number of hydrogen-bond acceptors (Lipinski definition) is 4. The van der Waals surface area contributed by atoms with Crippen molar-refractivity contribution >= 4 is 5.82 Å². The molecule has 1 aromatic rings. The summed E-state index contributed by atoms with van der Waals surface area (Å²) in [5.74, 6) is 0.276. The second-order valence-electron chi connectivity index (χ2n) is 5.77. The predicted octanol–water partition coefficient (Wildman–Crippen LogP) is 0.802. The van der Waals surface area contributed by atoms with E-state index in [-0.39, 0.29) is 22.8 Å². The minimum absolute atomic E-state index is 0.00249. The molecule has 0 aliphatic rings. The van der Waals surface area contributed by atoms with E-state index in [9.17, 15) is 9.59 Å². The summed E-state index contributed by atoms with van der Waals surface area (Å²) in [5, 5.41) is 12.2. The maximum Gasteiger partial charge on any atom is 0.332 e. The molecule has 6 heteroatoms. The van der Waals surface area contributed by atoms with Gasteiger partial charge in [-0.1, -0.05) is 20.8 Å². The van der Waals surface area contributed by atoms with Crippen LogP contribution in [0.3, 0.4) is 0 Å². The van der Waals surface area contributed by atoms with Crippen LogP contribution in [0.2, 0.25) is 0 Å². The van der Waals surface area contributed by atoms with Gasteiger partial charge in [-0.15, -0.1) is 0 Å².